The van der Waals surface area contributed by atoms with Gasteiger partial charge in [-0.3, -0.25) is 4.72 Å². The summed E-state index contributed by atoms with van der Waals surface area (Å²) in [6, 6.07) is 8.31. The van der Waals surface area contributed by atoms with Gasteiger partial charge in [0.15, 0.2) is 5.76 Å². The van der Waals surface area contributed by atoms with Gasteiger partial charge in [0.1, 0.15) is 0 Å². The fraction of sp³-hybridized carbons (Fsp3) is 0.250. The van der Waals surface area contributed by atoms with Gasteiger partial charge < -0.3 is 8.83 Å². The normalized spacial score (nSPS) is 11.6. The molecule has 0 saturated carbocycles. The molecule has 0 aliphatic heterocycles. The first kappa shape index (κ1) is 16.3. The van der Waals surface area contributed by atoms with Crippen molar-refractivity contribution in [3.63, 3.8) is 0 Å². The number of sulfonamides is 1. The van der Waals surface area contributed by atoms with Crippen LogP contribution < -0.4 is 4.72 Å². The number of hydrogen-bond donors (Lipinski definition) is 1. The van der Waals surface area contributed by atoms with E-state index in [1.165, 1.54) is 12.1 Å². The van der Waals surface area contributed by atoms with Gasteiger partial charge in [-0.15, -0.1) is 10.2 Å². The van der Waals surface area contributed by atoms with E-state index in [0.29, 0.717) is 18.0 Å². The number of aromatic nitrogens is 2. The summed E-state index contributed by atoms with van der Waals surface area (Å²) in [7, 11) is -3.84. The highest BCUT2D eigenvalue weighted by Gasteiger charge is 2.21. The lowest BCUT2D eigenvalue weighted by Gasteiger charge is -2.07. The highest BCUT2D eigenvalue weighted by molar-refractivity contribution is 7.92. The maximum absolute atomic E-state index is 12.5. The molecule has 126 valence electrons. The quantitative estimate of drug-likeness (QED) is 0.760. The summed E-state index contributed by atoms with van der Waals surface area (Å²) in [5, 5.41) is 7.45. The van der Waals surface area contributed by atoms with Crippen molar-refractivity contribution in [2.45, 2.75) is 32.3 Å². The zero-order valence-corrected chi connectivity index (χ0v) is 14.3. The number of nitrogens with zero attached hydrogens (tertiary/aromatic N) is 2. The molecule has 0 fully saturated rings. The molecule has 0 amide bonds. The Morgan fingerprint density at radius 3 is 2.38 bits per heavy atom. The summed E-state index contributed by atoms with van der Waals surface area (Å²) in [6.07, 6.45) is 0.590. The minimum Gasteiger partial charge on any atom is -0.438 e. The molecule has 7 nitrogen and oxygen atoms in total. The van der Waals surface area contributed by atoms with Crippen LogP contribution in [0.15, 0.2) is 44.3 Å². The van der Waals surface area contributed by atoms with Crippen LogP contribution in [0.5, 0.6) is 0 Å². The van der Waals surface area contributed by atoms with E-state index in [1.807, 2.05) is 26.8 Å². The van der Waals surface area contributed by atoms with Crippen LogP contribution >= 0.6 is 0 Å². The second-order valence-corrected chi connectivity index (χ2v) is 7.07. The van der Waals surface area contributed by atoms with Gasteiger partial charge in [0, 0.05) is 12.1 Å². The molecule has 2 aromatic heterocycles. The van der Waals surface area contributed by atoms with E-state index in [-0.39, 0.29) is 16.7 Å². The van der Waals surface area contributed by atoms with Gasteiger partial charge >= 0.3 is 0 Å². The van der Waals surface area contributed by atoms with E-state index in [0.717, 1.165) is 11.1 Å². The number of furan rings is 1. The highest BCUT2D eigenvalue weighted by Crippen LogP contribution is 2.25. The van der Waals surface area contributed by atoms with E-state index >= 15 is 0 Å². The summed E-state index contributed by atoms with van der Waals surface area (Å²) in [5.41, 5.74) is 2.41. The van der Waals surface area contributed by atoms with Crippen molar-refractivity contribution in [3.05, 3.63) is 47.3 Å². The predicted molar refractivity (Wildman–Crippen MR) is 88.1 cm³/mol. The molecule has 8 heteroatoms. The molecule has 3 aromatic rings. The number of rotatable bonds is 5. The SMILES string of the molecule is CCc1nnc(-c2ccc(S(=O)(=O)Nc3cc(C)cc(C)c3)o2)o1. The molecule has 0 atom stereocenters. The maximum Gasteiger partial charge on any atom is 0.295 e. The van der Waals surface area contributed by atoms with Crippen LogP contribution in [-0.2, 0) is 16.4 Å². The molecule has 0 bridgehead atoms. The standard InChI is InChI=1S/C16H17N3O4S/c1-4-14-17-18-16(23-14)13-5-6-15(22-13)24(20,21)19-12-8-10(2)7-11(3)9-12/h5-9,19H,4H2,1-3H3. The van der Waals surface area contributed by atoms with Crippen LogP contribution in [0.3, 0.4) is 0 Å². The number of hydrogen-bond acceptors (Lipinski definition) is 6. The number of nitrogens with one attached hydrogen (secondary N) is 1. The minimum absolute atomic E-state index is 0.153. The highest BCUT2D eigenvalue weighted by atomic mass is 32.2. The van der Waals surface area contributed by atoms with Gasteiger partial charge in [-0.05, 0) is 49.2 Å². The van der Waals surface area contributed by atoms with Crippen molar-refractivity contribution in [2.75, 3.05) is 4.72 Å². The third-order valence-corrected chi connectivity index (χ3v) is 4.55. The fourth-order valence-electron chi connectivity index (χ4n) is 2.31. The van der Waals surface area contributed by atoms with Gasteiger partial charge in [-0.1, -0.05) is 13.0 Å². The number of benzene rings is 1. The average Bonchev–Trinajstić information content (AvgIpc) is 3.15. The molecule has 1 N–H and O–H groups in total. The third kappa shape index (κ3) is 3.33. The first-order chi connectivity index (χ1) is 11.4. The lowest BCUT2D eigenvalue weighted by molar-refractivity contribution is 0.436. The van der Waals surface area contributed by atoms with E-state index in [1.54, 1.807) is 12.1 Å². The van der Waals surface area contributed by atoms with Gasteiger partial charge in [0.05, 0.1) is 0 Å². The van der Waals surface area contributed by atoms with Gasteiger partial charge in [-0.25, -0.2) is 0 Å². The molecule has 0 aliphatic carbocycles. The molecule has 0 unspecified atom stereocenters. The van der Waals surface area contributed by atoms with Crippen LogP contribution in [0.2, 0.25) is 0 Å². The van der Waals surface area contributed by atoms with Gasteiger partial charge in [0.2, 0.25) is 11.0 Å². The molecular formula is C16H17N3O4S. The first-order valence-corrected chi connectivity index (χ1v) is 8.89. The Labute approximate surface area is 139 Å². The molecule has 2 heterocycles. The van der Waals surface area contributed by atoms with Gasteiger partial charge in [0.25, 0.3) is 15.9 Å². The minimum atomic E-state index is -3.84. The summed E-state index contributed by atoms with van der Waals surface area (Å²) in [4.78, 5) is 0. The largest absolute Gasteiger partial charge is 0.438 e. The lowest BCUT2D eigenvalue weighted by Crippen LogP contribution is -2.12. The van der Waals surface area contributed by atoms with Crippen molar-refractivity contribution < 1.29 is 17.3 Å². The molecular weight excluding hydrogens is 330 g/mol. The predicted octanol–water partition coefficient (Wildman–Crippen LogP) is 3.31. The molecule has 0 radical (unpaired) electrons. The fourth-order valence-corrected chi connectivity index (χ4v) is 3.29. The van der Waals surface area contributed by atoms with Crippen LogP contribution in [-0.4, -0.2) is 18.6 Å². The molecule has 1 aromatic carbocycles. The van der Waals surface area contributed by atoms with Crippen LogP contribution in [0.25, 0.3) is 11.7 Å². The number of anilines is 1. The smallest absolute Gasteiger partial charge is 0.295 e. The Balaban J connectivity index is 1.87. The topological polar surface area (TPSA) is 98.2 Å². The Bertz CT molecular complexity index is 953. The molecule has 24 heavy (non-hydrogen) atoms. The van der Waals surface area contributed by atoms with Crippen molar-refractivity contribution >= 4 is 15.7 Å². The second-order valence-electron chi connectivity index (χ2n) is 5.46. The molecule has 0 spiro atoms. The van der Waals surface area contributed by atoms with E-state index in [2.05, 4.69) is 14.9 Å². The van der Waals surface area contributed by atoms with Crippen LogP contribution in [0, 0.1) is 13.8 Å². The van der Waals surface area contributed by atoms with Crippen molar-refractivity contribution in [1.29, 1.82) is 0 Å². The van der Waals surface area contributed by atoms with E-state index < -0.39 is 10.0 Å². The van der Waals surface area contributed by atoms with Crippen molar-refractivity contribution in [2.24, 2.45) is 0 Å². The van der Waals surface area contributed by atoms with E-state index in [4.69, 9.17) is 8.83 Å². The zero-order valence-electron chi connectivity index (χ0n) is 13.5. The Morgan fingerprint density at radius 1 is 1.04 bits per heavy atom. The Morgan fingerprint density at radius 2 is 1.75 bits per heavy atom. The Kier molecular flexibility index (Phi) is 4.15. The van der Waals surface area contributed by atoms with Crippen LogP contribution in [0.1, 0.15) is 23.9 Å². The summed E-state index contributed by atoms with van der Waals surface area (Å²) < 4.78 is 38.2. The Hall–Kier alpha value is -2.61. The van der Waals surface area contributed by atoms with Gasteiger partial charge in [-0.2, -0.15) is 8.42 Å². The third-order valence-electron chi connectivity index (χ3n) is 3.30. The molecule has 3 rings (SSSR count). The average molecular weight is 347 g/mol. The first-order valence-electron chi connectivity index (χ1n) is 7.41. The maximum atomic E-state index is 12.5. The van der Waals surface area contributed by atoms with Crippen molar-refractivity contribution in [3.8, 4) is 11.7 Å². The second kappa shape index (κ2) is 6.12. The monoisotopic (exact) mass is 347 g/mol. The molecule has 0 aliphatic rings. The van der Waals surface area contributed by atoms with Crippen LogP contribution in [0.4, 0.5) is 5.69 Å². The van der Waals surface area contributed by atoms with E-state index in [9.17, 15) is 8.42 Å². The summed E-state index contributed by atoms with van der Waals surface area (Å²) in [6.45, 7) is 5.68. The molecule has 0 saturated heterocycles. The summed E-state index contributed by atoms with van der Waals surface area (Å²) >= 11 is 0. The van der Waals surface area contributed by atoms with Crippen molar-refractivity contribution in [1.82, 2.24) is 10.2 Å². The lowest BCUT2D eigenvalue weighted by atomic mass is 10.1. The summed E-state index contributed by atoms with van der Waals surface area (Å²) in [5.74, 6) is 0.821. The number of aryl methyl sites for hydroxylation is 3. The zero-order chi connectivity index (χ0) is 17.3.